The van der Waals surface area contributed by atoms with Crippen molar-refractivity contribution in [2.45, 2.75) is 40.0 Å². The van der Waals surface area contributed by atoms with E-state index in [0.29, 0.717) is 12.0 Å². The second kappa shape index (κ2) is 7.57. The van der Waals surface area contributed by atoms with E-state index in [9.17, 15) is 4.79 Å². The normalized spacial score (nSPS) is 11.2. The number of hydrogen-bond acceptors (Lipinski definition) is 1. The van der Waals surface area contributed by atoms with Crippen LogP contribution in [0.4, 0.5) is 0 Å². The number of carbonyl (C=O) groups is 1. The summed E-state index contributed by atoms with van der Waals surface area (Å²) < 4.78 is 0. The van der Waals surface area contributed by atoms with Gasteiger partial charge in [-0.25, -0.2) is 4.79 Å². The van der Waals surface area contributed by atoms with Crippen LogP contribution in [0, 0.1) is 0 Å². The van der Waals surface area contributed by atoms with Gasteiger partial charge < -0.3 is 5.11 Å². The molecule has 0 saturated carbocycles. The fraction of sp³-hybridized carbons (Fsp3) is 0.353. The van der Waals surface area contributed by atoms with Crippen LogP contribution < -0.4 is 0 Å². The number of allylic oxidation sites excluding steroid dienone is 4. The first-order valence-electron chi connectivity index (χ1n) is 6.61. The van der Waals surface area contributed by atoms with Crippen LogP contribution in [0.25, 0.3) is 0 Å². The van der Waals surface area contributed by atoms with Crippen molar-refractivity contribution in [2.24, 2.45) is 0 Å². The molecular weight excluding hydrogens is 236 g/mol. The minimum atomic E-state index is -0.855. The lowest BCUT2D eigenvalue weighted by molar-refractivity contribution is 0.0696. The molecular formula is C17H22O2. The number of carboxylic acids is 1. The van der Waals surface area contributed by atoms with Crippen LogP contribution in [0.2, 0.25) is 0 Å². The van der Waals surface area contributed by atoms with Gasteiger partial charge in [0.1, 0.15) is 0 Å². The zero-order chi connectivity index (χ0) is 14.3. The Labute approximate surface area is 115 Å². The van der Waals surface area contributed by atoms with E-state index in [0.717, 1.165) is 18.4 Å². The Morgan fingerprint density at radius 1 is 1.16 bits per heavy atom. The van der Waals surface area contributed by atoms with Crippen LogP contribution in [0.15, 0.2) is 47.6 Å². The SMILES string of the molecule is CC(C)=CCC/C(C)=C\Cc1ccccc1C(=O)O. The predicted molar refractivity (Wildman–Crippen MR) is 79.5 cm³/mol. The summed E-state index contributed by atoms with van der Waals surface area (Å²) in [6.07, 6.45) is 7.11. The number of carboxylic acid groups (broad SMARTS) is 1. The second-order valence-corrected chi connectivity index (χ2v) is 5.04. The Balaban J connectivity index is 2.65. The number of rotatable bonds is 6. The summed E-state index contributed by atoms with van der Waals surface area (Å²) in [6, 6.07) is 7.18. The second-order valence-electron chi connectivity index (χ2n) is 5.04. The first-order chi connectivity index (χ1) is 9.00. The van der Waals surface area contributed by atoms with Crippen LogP contribution >= 0.6 is 0 Å². The van der Waals surface area contributed by atoms with Crippen LogP contribution in [0.1, 0.15) is 49.5 Å². The van der Waals surface area contributed by atoms with E-state index in [4.69, 9.17) is 5.11 Å². The molecule has 0 atom stereocenters. The van der Waals surface area contributed by atoms with Crippen molar-refractivity contribution in [3.8, 4) is 0 Å². The molecule has 0 aliphatic heterocycles. The van der Waals surface area contributed by atoms with Gasteiger partial charge >= 0.3 is 5.97 Å². The first kappa shape index (κ1) is 15.2. The van der Waals surface area contributed by atoms with Gasteiger partial charge in [-0.2, -0.15) is 0 Å². The van der Waals surface area contributed by atoms with Crippen molar-refractivity contribution >= 4 is 5.97 Å². The van der Waals surface area contributed by atoms with Gasteiger partial charge in [0.15, 0.2) is 0 Å². The minimum absolute atomic E-state index is 0.399. The summed E-state index contributed by atoms with van der Waals surface area (Å²) in [5.74, 6) is -0.855. The van der Waals surface area contributed by atoms with Gasteiger partial charge in [0.25, 0.3) is 0 Å². The van der Waals surface area contributed by atoms with Gasteiger partial charge in [0.2, 0.25) is 0 Å². The molecule has 19 heavy (non-hydrogen) atoms. The van der Waals surface area contributed by atoms with E-state index in [1.54, 1.807) is 12.1 Å². The molecule has 0 fully saturated rings. The Hall–Kier alpha value is -1.83. The molecule has 0 aliphatic rings. The first-order valence-corrected chi connectivity index (χ1v) is 6.61. The third-order valence-electron chi connectivity index (χ3n) is 3.01. The van der Waals surface area contributed by atoms with Gasteiger partial charge in [0.05, 0.1) is 5.56 Å². The lowest BCUT2D eigenvalue weighted by Crippen LogP contribution is -2.01. The Morgan fingerprint density at radius 2 is 1.84 bits per heavy atom. The highest BCUT2D eigenvalue weighted by molar-refractivity contribution is 5.89. The minimum Gasteiger partial charge on any atom is -0.478 e. The highest BCUT2D eigenvalue weighted by Crippen LogP contribution is 2.13. The van der Waals surface area contributed by atoms with E-state index in [-0.39, 0.29) is 0 Å². The molecule has 0 bridgehead atoms. The third-order valence-corrected chi connectivity index (χ3v) is 3.01. The van der Waals surface area contributed by atoms with Gasteiger partial charge in [-0.3, -0.25) is 0 Å². The maximum atomic E-state index is 11.1. The molecule has 102 valence electrons. The summed E-state index contributed by atoms with van der Waals surface area (Å²) in [5.41, 5.74) is 3.91. The Kier molecular flexibility index (Phi) is 6.07. The molecule has 0 unspecified atom stereocenters. The zero-order valence-corrected chi connectivity index (χ0v) is 11.9. The molecule has 1 aromatic carbocycles. The largest absolute Gasteiger partial charge is 0.478 e. The number of aromatic carboxylic acids is 1. The van der Waals surface area contributed by atoms with Crippen LogP contribution in [0.5, 0.6) is 0 Å². The van der Waals surface area contributed by atoms with E-state index in [1.165, 1.54) is 11.1 Å². The quantitative estimate of drug-likeness (QED) is 0.756. The van der Waals surface area contributed by atoms with Crippen molar-refractivity contribution < 1.29 is 9.90 Å². The molecule has 1 rings (SSSR count). The lowest BCUT2D eigenvalue weighted by atomic mass is 10.0. The topological polar surface area (TPSA) is 37.3 Å². The summed E-state index contributed by atoms with van der Waals surface area (Å²) in [4.78, 5) is 11.1. The molecule has 0 heterocycles. The lowest BCUT2D eigenvalue weighted by Gasteiger charge is -2.04. The Bertz CT molecular complexity index is 492. The van der Waals surface area contributed by atoms with Gasteiger partial charge in [-0.15, -0.1) is 0 Å². The predicted octanol–water partition coefficient (Wildman–Crippen LogP) is 4.62. The molecule has 2 heteroatoms. The number of benzene rings is 1. The fourth-order valence-corrected chi connectivity index (χ4v) is 1.88. The van der Waals surface area contributed by atoms with Crippen molar-refractivity contribution in [2.75, 3.05) is 0 Å². The molecule has 2 nitrogen and oxygen atoms in total. The standard InChI is InChI=1S/C17H22O2/c1-13(2)7-6-8-14(3)11-12-15-9-4-5-10-16(15)17(18)19/h4-5,7,9-11H,6,8,12H2,1-3H3,(H,18,19)/b14-11-. The van der Waals surface area contributed by atoms with E-state index in [2.05, 4.69) is 32.9 Å². The van der Waals surface area contributed by atoms with Crippen LogP contribution in [-0.2, 0) is 6.42 Å². The number of hydrogen-bond donors (Lipinski definition) is 1. The van der Waals surface area contributed by atoms with E-state index in [1.807, 2.05) is 12.1 Å². The summed E-state index contributed by atoms with van der Waals surface area (Å²) in [5, 5.41) is 9.10. The molecule has 0 aliphatic carbocycles. The summed E-state index contributed by atoms with van der Waals surface area (Å²) >= 11 is 0. The molecule has 0 saturated heterocycles. The van der Waals surface area contributed by atoms with Gasteiger partial charge in [-0.1, -0.05) is 41.5 Å². The Morgan fingerprint density at radius 3 is 2.47 bits per heavy atom. The summed E-state index contributed by atoms with van der Waals surface area (Å²) in [7, 11) is 0. The monoisotopic (exact) mass is 258 g/mol. The molecule has 0 aromatic heterocycles. The van der Waals surface area contributed by atoms with Crippen molar-refractivity contribution in [3.63, 3.8) is 0 Å². The third kappa shape index (κ3) is 5.56. The highest BCUT2D eigenvalue weighted by Gasteiger charge is 2.07. The van der Waals surface area contributed by atoms with Gasteiger partial charge in [-0.05, 0) is 51.7 Å². The zero-order valence-electron chi connectivity index (χ0n) is 11.9. The average Bonchev–Trinajstić information content (AvgIpc) is 2.36. The molecule has 0 spiro atoms. The molecule has 0 amide bonds. The van der Waals surface area contributed by atoms with Crippen molar-refractivity contribution in [1.82, 2.24) is 0 Å². The summed E-state index contributed by atoms with van der Waals surface area (Å²) in [6.45, 7) is 6.30. The van der Waals surface area contributed by atoms with Gasteiger partial charge in [0, 0.05) is 0 Å². The maximum absolute atomic E-state index is 11.1. The molecule has 0 radical (unpaired) electrons. The van der Waals surface area contributed by atoms with Crippen molar-refractivity contribution in [1.29, 1.82) is 0 Å². The van der Waals surface area contributed by atoms with E-state index < -0.39 is 5.97 Å². The van der Waals surface area contributed by atoms with E-state index >= 15 is 0 Å². The fourth-order valence-electron chi connectivity index (χ4n) is 1.88. The average molecular weight is 258 g/mol. The molecule has 1 aromatic rings. The highest BCUT2D eigenvalue weighted by atomic mass is 16.4. The smallest absolute Gasteiger partial charge is 0.335 e. The maximum Gasteiger partial charge on any atom is 0.335 e. The van der Waals surface area contributed by atoms with Crippen LogP contribution in [-0.4, -0.2) is 11.1 Å². The molecule has 1 N–H and O–H groups in total. The van der Waals surface area contributed by atoms with Crippen LogP contribution in [0.3, 0.4) is 0 Å². The van der Waals surface area contributed by atoms with Crippen molar-refractivity contribution in [3.05, 3.63) is 58.7 Å².